The van der Waals surface area contributed by atoms with E-state index in [0.717, 1.165) is 10.5 Å². The van der Waals surface area contributed by atoms with Crippen LogP contribution in [0.25, 0.3) is 6.08 Å². The fraction of sp³-hybridized carbons (Fsp3) is 0.0800. The summed E-state index contributed by atoms with van der Waals surface area (Å²) in [4.78, 5) is 38.7. The number of imide groups is 2. The number of halogens is 3. The highest BCUT2D eigenvalue weighted by Crippen LogP contribution is 2.31. The fourth-order valence-electron chi connectivity index (χ4n) is 3.34. The Hall–Kier alpha value is -3.52. The lowest BCUT2D eigenvalue weighted by Crippen LogP contribution is -2.54. The number of hydrogen-bond donors (Lipinski definition) is 1. The molecule has 0 radical (unpaired) electrons. The standard InChI is InChI=1S/C25H17Cl3N2O5/c1-34-22-11-14(2-9-21(22)35-13-15-3-4-17(27)12-20(15)28)10-19-23(31)29-25(33)30(24(19)32)18-7-5-16(26)6-8-18/h2-12H,13H2,1H3,(H,29,31,33)/b19-10+. The number of amides is 4. The van der Waals surface area contributed by atoms with Crippen LogP contribution in [0, 0.1) is 0 Å². The molecule has 4 amide bonds. The van der Waals surface area contributed by atoms with Gasteiger partial charge in [0.15, 0.2) is 11.5 Å². The van der Waals surface area contributed by atoms with E-state index >= 15 is 0 Å². The second-order valence-electron chi connectivity index (χ2n) is 7.37. The number of nitrogens with one attached hydrogen (secondary N) is 1. The summed E-state index contributed by atoms with van der Waals surface area (Å²) in [5, 5.41) is 3.61. The van der Waals surface area contributed by atoms with Gasteiger partial charge in [0.25, 0.3) is 11.8 Å². The third kappa shape index (κ3) is 5.43. The Bertz CT molecular complexity index is 1360. The summed E-state index contributed by atoms with van der Waals surface area (Å²) in [6.07, 6.45) is 1.37. The number of methoxy groups -OCH3 is 1. The minimum Gasteiger partial charge on any atom is -0.493 e. The van der Waals surface area contributed by atoms with Crippen LogP contribution in [0.2, 0.25) is 15.1 Å². The van der Waals surface area contributed by atoms with Crippen LogP contribution < -0.4 is 19.7 Å². The molecule has 0 aromatic heterocycles. The van der Waals surface area contributed by atoms with Gasteiger partial charge in [0.1, 0.15) is 12.2 Å². The molecule has 1 saturated heterocycles. The molecule has 0 saturated carbocycles. The molecule has 1 aliphatic rings. The van der Waals surface area contributed by atoms with Gasteiger partial charge in [-0.2, -0.15) is 0 Å². The average molecular weight is 532 g/mol. The lowest BCUT2D eigenvalue weighted by molar-refractivity contribution is -0.122. The van der Waals surface area contributed by atoms with E-state index in [1.54, 1.807) is 36.4 Å². The summed E-state index contributed by atoms with van der Waals surface area (Å²) in [6, 6.07) is 15.2. The minimum absolute atomic E-state index is 0.172. The second kappa shape index (κ2) is 10.4. The van der Waals surface area contributed by atoms with Crippen molar-refractivity contribution in [1.82, 2.24) is 5.32 Å². The van der Waals surface area contributed by atoms with Crippen LogP contribution in [0.15, 0.2) is 66.2 Å². The number of nitrogens with zero attached hydrogens (tertiary/aromatic N) is 1. The lowest BCUT2D eigenvalue weighted by atomic mass is 10.1. The van der Waals surface area contributed by atoms with Gasteiger partial charge in [0.05, 0.1) is 12.8 Å². The molecular formula is C25H17Cl3N2O5. The average Bonchev–Trinajstić information content (AvgIpc) is 2.82. The number of carbonyl (C=O) groups is 3. The third-order valence-electron chi connectivity index (χ3n) is 5.08. The predicted octanol–water partition coefficient (Wildman–Crippen LogP) is 5.90. The van der Waals surface area contributed by atoms with Crippen LogP contribution in [-0.4, -0.2) is 25.0 Å². The molecule has 35 heavy (non-hydrogen) atoms. The summed E-state index contributed by atoms with van der Waals surface area (Å²) in [5.41, 5.74) is 1.28. The summed E-state index contributed by atoms with van der Waals surface area (Å²) in [5.74, 6) is -0.767. The number of rotatable bonds is 6. The Balaban J connectivity index is 1.59. The van der Waals surface area contributed by atoms with Crippen LogP contribution in [0.1, 0.15) is 11.1 Å². The normalized spacial score (nSPS) is 14.8. The van der Waals surface area contributed by atoms with Crippen LogP contribution in [0.5, 0.6) is 11.5 Å². The van der Waals surface area contributed by atoms with Crippen LogP contribution in [0.4, 0.5) is 10.5 Å². The van der Waals surface area contributed by atoms with E-state index in [1.165, 1.54) is 37.5 Å². The van der Waals surface area contributed by atoms with Gasteiger partial charge in [0, 0.05) is 20.6 Å². The molecule has 4 rings (SSSR count). The predicted molar refractivity (Wildman–Crippen MR) is 134 cm³/mol. The van der Waals surface area contributed by atoms with Gasteiger partial charge in [-0.05, 0) is 60.2 Å². The highest BCUT2D eigenvalue weighted by atomic mass is 35.5. The SMILES string of the molecule is COc1cc(/C=C2\C(=O)NC(=O)N(c3ccc(Cl)cc3)C2=O)ccc1OCc1ccc(Cl)cc1Cl. The highest BCUT2D eigenvalue weighted by molar-refractivity contribution is 6.39. The summed E-state index contributed by atoms with van der Waals surface area (Å²) >= 11 is 18.0. The zero-order chi connectivity index (χ0) is 25.1. The molecule has 3 aromatic rings. The molecular weight excluding hydrogens is 515 g/mol. The number of benzene rings is 3. The van der Waals surface area contributed by atoms with Crippen LogP contribution >= 0.6 is 34.8 Å². The molecule has 178 valence electrons. The first-order valence-electron chi connectivity index (χ1n) is 10.2. The van der Waals surface area contributed by atoms with Gasteiger partial charge >= 0.3 is 6.03 Å². The third-order valence-corrected chi connectivity index (χ3v) is 5.92. The van der Waals surface area contributed by atoms with Crippen molar-refractivity contribution in [3.8, 4) is 11.5 Å². The van der Waals surface area contributed by atoms with E-state index in [-0.39, 0.29) is 17.9 Å². The molecule has 1 heterocycles. The Morgan fingerprint density at radius 3 is 2.29 bits per heavy atom. The monoisotopic (exact) mass is 530 g/mol. The van der Waals surface area contributed by atoms with E-state index < -0.39 is 17.8 Å². The van der Waals surface area contributed by atoms with Gasteiger partial charge in [-0.3, -0.25) is 14.9 Å². The number of ether oxygens (including phenoxy) is 2. The first kappa shape index (κ1) is 24.6. The Labute approximate surface area is 215 Å². The van der Waals surface area contributed by atoms with Crippen molar-refractivity contribution in [2.45, 2.75) is 6.61 Å². The lowest BCUT2D eigenvalue weighted by Gasteiger charge is -2.26. The van der Waals surface area contributed by atoms with E-state index in [2.05, 4.69) is 5.32 Å². The molecule has 10 heteroatoms. The van der Waals surface area contributed by atoms with Gasteiger partial charge in [-0.15, -0.1) is 0 Å². The van der Waals surface area contributed by atoms with Crippen molar-refractivity contribution in [3.63, 3.8) is 0 Å². The molecule has 1 aliphatic heterocycles. The Kier molecular flexibility index (Phi) is 7.31. The van der Waals surface area contributed by atoms with Crippen molar-refractivity contribution in [1.29, 1.82) is 0 Å². The quantitative estimate of drug-likeness (QED) is 0.316. The van der Waals surface area contributed by atoms with Crippen molar-refractivity contribution in [3.05, 3.63) is 92.4 Å². The van der Waals surface area contributed by atoms with Gasteiger partial charge in [-0.1, -0.05) is 46.9 Å². The smallest absolute Gasteiger partial charge is 0.335 e. The molecule has 0 aliphatic carbocycles. The first-order chi connectivity index (χ1) is 16.8. The number of hydrogen-bond acceptors (Lipinski definition) is 5. The first-order valence-corrected chi connectivity index (χ1v) is 11.3. The highest BCUT2D eigenvalue weighted by Gasteiger charge is 2.36. The Morgan fingerprint density at radius 2 is 1.60 bits per heavy atom. The molecule has 0 bridgehead atoms. The van der Waals surface area contributed by atoms with Crippen molar-refractivity contribution >= 4 is 64.4 Å². The van der Waals surface area contributed by atoms with Gasteiger partial charge < -0.3 is 9.47 Å². The van der Waals surface area contributed by atoms with E-state index in [4.69, 9.17) is 44.3 Å². The van der Waals surface area contributed by atoms with Gasteiger partial charge in [-0.25, -0.2) is 9.69 Å². The van der Waals surface area contributed by atoms with Crippen molar-refractivity contribution < 1.29 is 23.9 Å². The number of carbonyl (C=O) groups excluding carboxylic acids is 3. The van der Waals surface area contributed by atoms with Crippen LogP contribution in [-0.2, 0) is 16.2 Å². The van der Waals surface area contributed by atoms with Crippen molar-refractivity contribution in [2.75, 3.05) is 12.0 Å². The number of anilines is 1. The van der Waals surface area contributed by atoms with Gasteiger partial charge in [0.2, 0.25) is 0 Å². The zero-order valence-corrected chi connectivity index (χ0v) is 20.4. The maximum atomic E-state index is 13.0. The number of urea groups is 1. The van der Waals surface area contributed by atoms with Crippen molar-refractivity contribution in [2.24, 2.45) is 0 Å². The molecule has 7 nitrogen and oxygen atoms in total. The molecule has 0 spiro atoms. The molecule has 1 N–H and O–H groups in total. The maximum Gasteiger partial charge on any atom is 0.335 e. The molecule has 0 atom stereocenters. The summed E-state index contributed by atoms with van der Waals surface area (Å²) in [6.45, 7) is 0.172. The largest absolute Gasteiger partial charge is 0.493 e. The molecule has 3 aromatic carbocycles. The molecule has 1 fully saturated rings. The minimum atomic E-state index is -0.846. The topological polar surface area (TPSA) is 84.9 Å². The maximum absolute atomic E-state index is 13.0. The van der Waals surface area contributed by atoms with Crippen LogP contribution in [0.3, 0.4) is 0 Å². The van der Waals surface area contributed by atoms with E-state index in [1.807, 2.05) is 0 Å². The van der Waals surface area contributed by atoms with E-state index in [0.29, 0.717) is 32.1 Å². The van der Waals surface area contributed by atoms with E-state index in [9.17, 15) is 14.4 Å². The summed E-state index contributed by atoms with van der Waals surface area (Å²) < 4.78 is 11.3. The Morgan fingerprint density at radius 1 is 0.886 bits per heavy atom. The molecule has 0 unspecified atom stereocenters. The number of barbiturate groups is 1. The zero-order valence-electron chi connectivity index (χ0n) is 18.2. The second-order valence-corrected chi connectivity index (χ2v) is 8.65. The fourth-order valence-corrected chi connectivity index (χ4v) is 3.93. The summed E-state index contributed by atoms with van der Waals surface area (Å²) in [7, 11) is 1.47.